The molecule has 0 saturated heterocycles. The Morgan fingerprint density at radius 3 is 2.80 bits per heavy atom. The van der Waals surface area contributed by atoms with Crippen LogP contribution in [0.1, 0.15) is 5.56 Å². The fraction of sp³-hybridized carbons (Fsp3) is 0.0667. The second-order valence-corrected chi connectivity index (χ2v) is 6.54. The van der Waals surface area contributed by atoms with Crippen LogP contribution in [0.15, 0.2) is 50.1 Å². The van der Waals surface area contributed by atoms with Crippen LogP contribution in [-0.2, 0) is 6.54 Å². The van der Waals surface area contributed by atoms with Gasteiger partial charge in [-0.25, -0.2) is 0 Å². The third-order valence-electron chi connectivity index (χ3n) is 3.58. The quantitative estimate of drug-likeness (QED) is 0.455. The summed E-state index contributed by atoms with van der Waals surface area (Å²) in [6.07, 6.45) is 0. The highest BCUT2D eigenvalue weighted by Crippen LogP contribution is 2.35. The Bertz CT molecular complexity index is 931. The topological polar surface area (TPSA) is 34.9 Å². The summed E-state index contributed by atoms with van der Waals surface area (Å²) in [7, 11) is 0. The molecule has 3 nitrogen and oxygen atoms in total. The molecule has 2 aromatic carbocycles. The van der Waals surface area contributed by atoms with Crippen molar-refractivity contribution in [3.05, 3.63) is 61.3 Å². The number of aromatic nitrogens is 2. The highest BCUT2D eigenvalue weighted by atomic mass is 79.9. The summed E-state index contributed by atoms with van der Waals surface area (Å²) in [5.74, 6) is 0.751. The van der Waals surface area contributed by atoms with Crippen molar-refractivity contribution >= 4 is 42.8 Å². The molecule has 4 rings (SSSR count). The van der Waals surface area contributed by atoms with E-state index in [1.807, 2.05) is 30.3 Å². The van der Waals surface area contributed by atoms with Gasteiger partial charge in [-0.3, -0.25) is 4.79 Å². The van der Waals surface area contributed by atoms with Crippen molar-refractivity contribution in [1.29, 1.82) is 0 Å². The molecule has 0 radical (unpaired) electrons. The molecule has 0 bridgehead atoms. The standard InChI is InChI=1S/C15H8Br2N2O/c16-9-5-11-13(12(17)6-9)19-7-8-3-1-2-4-10(8)14(19)18-15(11)20/h1-6H,7H2. The van der Waals surface area contributed by atoms with Crippen molar-refractivity contribution in [2.45, 2.75) is 6.54 Å². The molecular formula is C15H8Br2N2O. The van der Waals surface area contributed by atoms with E-state index in [9.17, 15) is 4.79 Å². The third kappa shape index (κ3) is 1.63. The van der Waals surface area contributed by atoms with E-state index in [2.05, 4.69) is 47.5 Å². The van der Waals surface area contributed by atoms with Crippen LogP contribution in [0.5, 0.6) is 0 Å². The largest absolute Gasteiger partial charge is 0.320 e. The molecule has 0 saturated carbocycles. The summed E-state index contributed by atoms with van der Waals surface area (Å²) < 4.78 is 3.86. The average molecular weight is 392 g/mol. The maximum absolute atomic E-state index is 12.3. The van der Waals surface area contributed by atoms with Gasteiger partial charge in [0, 0.05) is 14.5 Å². The Morgan fingerprint density at radius 1 is 1.15 bits per heavy atom. The molecule has 1 aliphatic rings. The lowest BCUT2D eigenvalue weighted by Crippen LogP contribution is -2.13. The summed E-state index contributed by atoms with van der Waals surface area (Å²) >= 11 is 6.98. The van der Waals surface area contributed by atoms with Crippen molar-refractivity contribution in [1.82, 2.24) is 9.55 Å². The van der Waals surface area contributed by atoms with Gasteiger partial charge in [-0.15, -0.1) is 0 Å². The van der Waals surface area contributed by atoms with E-state index in [0.717, 1.165) is 32.4 Å². The lowest BCUT2D eigenvalue weighted by atomic mass is 10.1. The number of benzene rings is 2. The van der Waals surface area contributed by atoms with E-state index >= 15 is 0 Å². The number of hydrogen-bond donors (Lipinski definition) is 0. The van der Waals surface area contributed by atoms with Crippen LogP contribution < -0.4 is 5.56 Å². The van der Waals surface area contributed by atoms with Gasteiger partial charge >= 0.3 is 0 Å². The Kier molecular flexibility index (Phi) is 2.62. The smallest absolute Gasteiger partial charge is 0.281 e. The molecule has 1 aromatic heterocycles. The number of hydrogen-bond acceptors (Lipinski definition) is 2. The lowest BCUT2D eigenvalue weighted by molar-refractivity contribution is 0.851. The van der Waals surface area contributed by atoms with E-state index in [-0.39, 0.29) is 5.56 Å². The van der Waals surface area contributed by atoms with Gasteiger partial charge in [0.15, 0.2) is 0 Å². The molecule has 0 fully saturated rings. The minimum atomic E-state index is -0.190. The first-order valence-electron chi connectivity index (χ1n) is 6.13. The second kappa shape index (κ2) is 4.27. The monoisotopic (exact) mass is 390 g/mol. The molecule has 2 heterocycles. The minimum Gasteiger partial charge on any atom is -0.320 e. The molecule has 0 amide bonds. The van der Waals surface area contributed by atoms with E-state index < -0.39 is 0 Å². The van der Waals surface area contributed by atoms with Gasteiger partial charge in [0.2, 0.25) is 0 Å². The maximum atomic E-state index is 12.3. The van der Waals surface area contributed by atoms with Crippen LogP contribution >= 0.6 is 31.9 Å². The number of halogens is 2. The zero-order chi connectivity index (χ0) is 13.9. The van der Waals surface area contributed by atoms with E-state index in [1.165, 1.54) is 5.56 Å². The number of nitrogens with zero attached hydrogens (tertiary/aromatic N) is 2. The van der Waals surface area contributed by atoms with Crippen molar-refractivity contribution in [3.63, 3.8) is 0 Å². The first-order chi connectivity index (χ1) is 9.65. The van der Waals surface area contributed by atoms with Gasteiger partial charge in [0.05, 0.1) is 17.4 Å². The summed E-state index contributed by atoms with van der Waals surface area (Å²) in [6.45, 7) is 0.746. The molecule has 0 N–H and O–H groups in total. The molecule has 0 unspecified atom stereocenters. The van der Waals surface area contributed by atoms with E-state index in [0.29, 0.717) is 5.39 Å². The third-order valence-corrected chi connectivity index (χ3v) is 4.64. The molecule has 98 valence electrons. The molecule has 0 spiro atoms. The second-order valence-electron chi connectivity index (χ2n) is 4.77. The predicted molar refractivity (Wildman–Crippen MR) is 85.9 cm³/mol. The normalized spacial score (nSPS) is 12.5. The summed E-state index contributed by atoms with van der Waals surface area (Å²) in [6, 6.07) is 11.9. The highest BCUT2D eigenvalue weighted by Gasteiger charge is 2.22. The Hall–Kier alpha value is -1.46. The van der Waals surface area contributed by atoms with Crippen molar-refractivity contribution in [3.8, 4) is 11.4 Å². The Morgan fingerprint density at radius 2 is 1.95 bits per heavy atom. The van der Waals surface area contributed by atoms with Crippen LogP contribution in [-0.4, -0.2) is 9.55 Å². The fourth-order valence-electron chi connectivity index (χ4n) is 2.73. The van der Waals surface area contributed by atoms with E-state index in [4.69, 9.17) is 0 Å². The molecular weight excluding hydrogens is 384 g/mol. The van der Waals surface area contributed by atoms with Crippen molar-refractivity contribution in [2.24, 2.45) is 0 Å². The SMILES string of the molecule is O=c1nc2n(c3c(Br)cc(Br)cc13)Cc1ccccc1-2. The minimum absolute atomic E-state index is 0.190. The van der Waals surface area contributed by atoms with Crippen LogP contribution in [0.2, 0.25) is 0 Å². The molecule has 20 heavy (non-hydrogen) atoms. The van der Waals surface area contributed by atoms with Crippen LogP contribution in [0.25, 0.3) is 22.3 Å². The van der Waals surface area contributed by atoms with E-state index in [1.54, 1.807) is 0 Å². The highest BCUT2D eigenvalue weighted by molar-refractivity contribution is 9.11. The number of rotatable bonds is 0. The predicted octanol–water partition coefficient (Wildman–Crippen LogP) is 3.95. The Balaban J connectivity index is 2.19. The van der Waals surface area contributed by atoms with Crippen LogP contribution in [0.3, 0.4) is 0 Å². The number of fused-ring (bicyclic) bond motifs is 5. The van der Waals surface area contributed by atoms with Crippen LogP contribution in [0, 0.1) is 0 Å². The summed E-state index contributed by atoms with van der Waals surface area (Å²) in [4.78, 5) is 16.6. The zero-order valence-electron chi connectivity index (χ0n) is 10.2. The summed E-state index contributed by atoms with van der Waals surface area (Å²) in [5, 5.41) is 0.628. The first kappa shape index (κ1) is 12.3. The van der Waals surface area contributed by atoms with Gasteiger partial charge in [-0.1, -0.05) is 40.2 Å². The lowest BCUT2D eigenvalue weighted by Gasteiger charge is -2.10. The van der Waals surface area contributed by atoms with Gasteiger partial charge < -0.3 is 4.57 Å². The fourth-order valence-corrected chi connectivity index (χ4v) is 4.17. The maximum Gasteiger partial charge on any atom is 0.281 e. The Labute approximate surface area is 131 Å². The molecule has 3 aromatic rings. The van der Waals surface area contributed by atoms with Gasteiger partial charge in [0.25, 0.3) is 5.56 Å². The first-order valence-corrected chi connectivity index (χ1v) is 7.71. The van der Waals surface area contributed by atoms with Gasteiger partial charge in [0.1, 0.15) is 5.82 Å². The molecule has 0 aliphatic carbocycles. The van der Waals surface area contributed by atoms with Gasteiger partial charge in [-0.2, -0.15) is 4.98 Å². The molecule has 1 aliphatic heterocycles. The zero-order valence-corrected chi connectivity index (χ0v) is 13.4. The van der Waals surface area contributed by atoms with Crippen molar-refractivity contribution < 1.29 is 0 Å². The summed E-state index contributed by atoms with van der Waals surface area (Å²) in [5.41, 5.74) is 2.95. The average Bonchev–Trinajstić information content (AvgIpc) is 2.77. The molecule has 0 atom stereocenters. The van der Waals surface area contributed by atoms with Gasteiger partial charge in [-0.05, 0) is 33.6 Å². The van der Waals surface area contributed by atoms with Crippen molar-refractivity contribution in [2.75, 3.05) is 0 Å². The van der Waals surface area contributed by atoms with Crippen LogP contribution in [0.4, 0.5) is 0 Å². The molecule has 5 heteroatoms.